The number of hydrogen-bond donors (Lipinski definition) is 1. The van der Waals surface area contributed by atoms with E-state index in [2.05, 4.69) is 5.32 Å². The van der Waals surface area contributed by atoms with Gasteiger partial charge < -0.3 is 10.2 Å². The Hall–Kier alpha value is -2.69. The van der Waals surface area contributed by atoms with E-state index in [0.29, 0.717) is 6.54 Å². The fourth-order valence-electron chi connectivity index (χ4n) is 3.78. The zero-order valence-electron chi connectivity index (χ0n) is 16.7. The van der Waals surface area contributed by atoms with Crippen LogP contribution in [0.2, 0.25) is 0 Å². The highest BCUT2D eigenvalue weighted by molar-refractivity contribution is 6.18. The Labute approximate surface area is 161 Å². The second-order valence-electron chi connectivity index (χ2n) is 8.16. The van der Waals surface area contributed by atoms with Crippen LogP contribution >= 0.6 is 0 Å². The Morgan fingerprint density at radius 2 is 1.93 bits per heavy atom. The number of carbonyl (C=O) groups is 2. The number of hydrogen-bond acceptors (Lipinski definition) is 2. The molecule has 2 aliphatic heterocycles. The van der Waals surface area contributed by atoms with Gasteiger partial charge in [-0.2, -0.15) is 0 Å². The minimum Gasteiger partial charge on any atom is -0.349 e. The third-order valence-corrected chi connectivity index (χ3v) is 4.92. The highest BCUT2D eigenvalue weighted by atomic mass is 16.2. The van der Waals surface area contributed by atoms with Crippen LogP contribution < -0.4 is 5.32 Å². The maximum atomic E-state index is 13.3. The number of rotatable bonds is 3. The fourth-order valence-corrected chi connectivity index (χ4v) is 3.78. The molecule has 2 amide bonds. The van der Waals surface area contributed by atoms with Crippen LogP contribution in [-0.2, 0) is 16.1 Å². The first-order chi connectivity index (χ1) is 12.7. The summed E-state index contributed by atoms with van der Waals surface area (Å²) in [5.41, 5.74) is 2.28. The van der Waals surface area contributed by atoms with Crippen molar-refractivity contribution in [2.75, 3.05) is 7.05 Å². The van der Waals surface area contributed by atoms with Gasteiger partial charge in [-0.1, -0.05) is 36.4 Å². The maximum Gasteiger partial charge on any atom is 0.253 e. The molecule has 27 heavy (non-hydrogen) atoms. The molecule has 0 spiro atoms. The molecule has 1 N–H and O–H groups in total. The molecule has 0 aromatic heterocycles. The number of benzene rings is 1. The van der Waals surface area contributed by atoms with Crippen molar-refractivity contribution < 1.29 is 14.2 Å². The molecule has 3 rings (SSSR count). The molecule has 2 aliphatic rings. The second-order valence-corrected chi connectivity index (χ2v) is 8.16. The molecule has 5 heteroatoms. The molecule has 1 fully saturated rings. The minimum atomic E-state index is -0.634. The quantitative estimate of drug-likeness (QED) is 0.660. The van der Waals surface area contributed by atoms with Crippen LogP contribution in [0.1, 0.15) is 33.3 Å². The number of fused-ring (bicyclic) bond motifs is 1. The third kappa shape index (κ3) is 3.72. The Balaban J connectivity index is 2.06. The average molecular weight is 366 g/mol. The van der Waals surface area contributed by atoms with Gasteiger partial charge in [0.15, 0.2) is 12.2 Å². The number of nitrogens with one attached hydrogen (secondary N) is 1. The Morgan fingerprint density at radius 1 is 1.26 bits per heavy atom. The van der Waals surface area contributed by atoms with Gasteiger partial charge in [0.1, 0.15) is 7.05 Å². The number of allylic oxidation sites excluding steroid dienone is 2. The summed E-state index contributed by atoms with van der Waals surface area (Å²) in [7, 11) is 1.94. The number of nitrogens with zero attached hydrogens (tertiary/aromatic N) is 2. The van der Waals surface area contributed by atoms with Crippen molar-refractivity contribution in [2.45, 2.75) is 45.8 Å². The summed E-state index contributed by atoms with van der Waals surface area (Å²) in [6.45, 7) is 8.13. The van der Waals surface area contributed by atoms with Crippen molar-refractivity contribution in [1.29, 1.82) is 0 Å². The van der Waals surface area contributed by atoms with Gasteiger partial charge in [-0.3, -0.25) is 9.59 Å². The highest BCUT2D eigenvalue weighted by Crippen LogP contribution is 2.32. The number of carbonyl (C=O) groups excluding carboxylic acids is 2. The topological polar surface area (TPSA) is 52.4 Å². The molecule has 5 nitrogen and oxygen atoms in total. The molecule has 2 unspecified atom stereocenters. The molecular weight excluding hydrogens is 338 g/mol. The molecule has 1 saturated heterocycles. The molecule has 142 valence electrons. The van der Waals surface area contributed by atoms with E-state index < -0.39 is 6.04 Å². The van der Waals surface area contributed by atoms with Gasteiger partial charge in [-0.05, 0) is 39.3 Å². The molecule has 1 aromatic carbocycles. The summed E-state index contributed by atoms with van der Waals surface area (Å²) in [6, 6.07) is 9.17. The van der Waals surface area contributed by atoms with Gasteiger partial charge in [-0.15, -0.1) is 0 Å². The van der Waals surface area contributed by atoms with E-state index in [9.17, 15) is 9.59 Å². The summed E-state index contributed by atoms with van der Waals surface area (Å²) < 4.78 is 1.98. The van der Waals surface area contributed by atoms with E-state index in [1.807, 2.05) is 88.0 Å². The van der Waals surface area contributed by atoms with Crippen LogP contribution in [0.25, 0.3) is 0 Å². The van der Waals surface area contributed by atoms with Crippen LogP contribution in [0.3, 0.4) is 0 Å². The first-order valence-corrected chi connectivity index (χ1v) is 9.34. The van der Waals surface area contributed by atoms with Crippen LogP contribution in [0.5, 0.6) is 0 Å². The number of amides is 2. The molecule has 0 saturated carbocycles. The molecule has 0 bridgehead atoms. The minimum absolute atomic E-state index is 0.0795. The van der Waals surface area contributed by atoms with Gasteiger partial charge in [-0.25, -0.2) is 4.58 Å². The van der Waals surface area contributed by atoms with E-state index in [-0.39, 0.29) is 23.3 Å². The zero-order chi connectivity index (χ0) is 19.8. The standard InChI is InChI=1S/C22H27N3O2/c1-6-16-17-12-13-24(5)18(17)19(20(26)23-22(2,3)4)25(21(16)27)14-15-10-8-7-9-11-15/h6-13,17,19H,14H2,1-5H3/p+1. The SMILES string of the molecule is CC=C1C(=O)N(Cc2ccccc2)C(C(=O)NC(C)(C)C)C2=[N+](C)C=CC12. The smallest absolute Gasteiger partial charge is 0.253 e. The van der Waals surface area contributed by atoms with Gasteiger partial charge in [0, 0.05) is 17.7 Å². The maximum absolute atomic E-state index is 13.3. The van der Waals surface area contributed by atoms with E-state index >= 15 is 0 Å². The normalized spacial score (nSPS) is 23.8. The predicted molar refractivity (Wildman–Crippen MR) is 106 cm³/mol. The van der Waals surface area contributed by atoms with E-state index in [0.717, 1.165) is 16.8 Å². The van der Waals surface area contributed by atoms with Crippen LogP contribution in [0.4, 0.5) is 0 Å². The van der Waals surface area contributed by atoms with Crippen molar-refractivity contribution in [3.63, 3.8) is 0 Å². The molecule has 2 heterocycles. The summed E-state index contributed by atoms with van der Waals surface area (Å²) in [5, 5.41) is 3.06. The Bertz CT molecular complexity index is 844. The highest BCUT2D eigenvalue weighted by Gasteiger charge is 2.51. The van der Waals surface area contributed by atoms with E-state index in [4.69, 9.17) is 0 Å². The lowest BCUT2D eigenvalue weighted by Crippen LogP contribution is -2.62. The van der Waals surface area contributed by atoms with Gasteiger partial charge in [0.2, 0.25) is 5.71 Å². The summed E-state index contributed by atoms with van der Waals surface area (Å²) in [4.78, 5) is 28.2. The second kappa shape index (κ2) is 7.14. The predicted octanol–water partition coefficient (Wildman–Crippen LogP) is 2.49. The summed E-state index contributed by atoms with van der Waals surface area (Å²) in [6.07, 6.45) is 5.81. The van der Waals surface area contributed by atoms with Crippen LogP contribution in [-0.4, -0.2) is 45.6 Å². The molecule has 1 aromatic rings. The molecular formula is C22H28N3O2+. The Morgan fingerprint density at radius 3 is 2.52 bits per heavy atom. The fraction of sp³-hybridized carbons (Fsp3) is 0.409. The molecule has 2 atom stereocenters. The third-order valence-electron chi connectivity index (χ3n) is 4.92. The lowest BCUT2D eigenvalue weighted by molar-refractivity contribution is -0.422. The monoisotopic (exact) mass is 366 g/mol. The summed E-state index contributed by atoms with van der Waals surface area (Å²) in [5.74, 6) is -0.364. The van der Waals surface area contributed by atoms with Crippen molar-refractivity contribution >= 4 is 17.5 Å². The number of piperidine rings is 1. The van der Waals surface area contributed by atoms with Gasteiger partial charge >= 0.3 is 0 Å². The first kappa shape index (κ1) is 19.1. The van der Waals surface area contributed by atoms with E-state index in [1.165, 1.54) is 0 Å². The van der Waals surface area contributed by atoms with Crippen LogP contribution in [0, 0.1) is 5.92 Å². The van der Waals surface area contributed by atoms with Crippen molar-refractivity contribution in [3.05, 3.63) is 59.8 Å². The van der Waals surface area contributed by atoms with Crippen molar-refractivity contribution in [3.8, 4) is 0 Å². The number of likely N-dealkylation sites (tertiary alicyclic amines) is 1. The summed E-state index contributed by atoms with van der Waals surface area (Å²) >= 11 is 0. The van der Waals surface area contributed by atoms with Crippen molar-refractivity contribution in [1.82, 2.24) is 10.2 Å². The first-order valence-electron chi connectivity index (χ1n) is 9.34. The van der Waals surface area contributed by atoms with Gasteiger partial charge in [0.25, 0.3) is 11.8 Å². The largest absolute Gasteiger partial charge is 0.349 e. The lowest BCUT2D eigenvalue weighted by atomic mass is 9.83. The van der Waals surface area contributed by atoms with E-state index in [1.54, 1.807) is 4.90 Å². The van der Waals surface area contributed by atoms with Gasteiger partial charge in [0.05, 0.1) is 5.92 Å². The average Bonchev–Trinajstić information content (AvgIpc) is 2.96. The lowest BCUT2D eigenvalue weighted by Gasteiger charge is -2.38. The van der Waals surface area contributed by atoms with Crippen LogP contribution in [0.15, 0.2) is 54.3 Å². The zero-order valence-corrected chi connectivity index (χ0v) is 16.7. The Kier molecular flexibility index (Phi) is 5.05. The molecule has 0 aliphatic carbocycles. The molecule has 0 radical (unpaired) electrons. The van der Waals surface area contributed by atoms with Crippen molar-refractivity contribution in [2.24, 2.45) is 5.92 Å².